The molecule has 0 aromatic heterocycles. The first kappa shape index (κ1) is 13.3. The fourth-order valence-electron chi connectivity index (χ4n) is 2.11. The molecular weight excluding hydrogens is 198 g/mol. The van der Waals surface area contributed by atoms with Gasteiger partial charge < -0.3 is 4.90 Å². The lowest BCUT2D eigenvalue weighted by molar-refractivity contribution is 0.0740. The second-order valence-corrected chi connectivity index (χ2v) is 6.18. The summed E-state index contributed by atoms with van der Waals surface area (Å²) in [5.41, 5.74) is 0.345. The lowest BCUT2D eigenvalue weighted by Gasteiger charge is -2.36. The Morgan fingerprint density at radius 2 is 1.94 bits per heavy atom. The average Bonchev–Trinajstić information content (AvgIpc) is 2.47. The summed E-state index contributed by atoms with van der Waals surface area (Å²) in [6.07, 6.45) is 4.77. The van der Waals surface area contributed by atoms with Crippen molar-refractivity contribution in [1.82, 2.24) is 9.91 Å². The SMILES string of the molecule is CCCN1N=CN(C(C)C)C1CC(C)(C)C. The molecule has 0 aliphatic carbocycles. The van der Waals surface area contributed by atoms with Gasteiger partial charge in [0.05, 0.1) is 0 Å². The summed E-state index contributed by atoms with van der Waals surface area (Å²) < 4.78 is 0. The molecule has 1 rings (SSSR count). The third-order valence-corrected chi connectivity index (χ3v) is 2.87. The molecule has 0 spiro atoms. The second-order valence-electron chi connectivity index (χ2n) is 6.18. The van der Waals surface area contributed by atoms with Gasteiger partial charge in [0.2, 0.25) is 0 Å². The van der Waals surface area contributed by atoms with Crippen LogP contribution >= 0.6 is 0 Å². The van der Waals surface area contributed by atoms with Crippen LogP contribution in [-0.2, 0) is 0 Å². The molecule has 0 aromatic rings. The van der Waals surface area contributed by atoms with Gasteiger partial charge >= 0.3 is 0 Å². The molecule has 0 aromatic carbocycles. The van der Waals surface area contributed by atoms with Crippen LogP contribution in [0.5, 0.6) is 0 Å². The molecule has 1 atom stereocenters. The second kappa shape index (κ2) is 5.07. The zero-order chi connectivity index (χ0) is 12.3. The summed E-state index contributed by atoms with van der Waals surface area (Å²) in [5.74, 6) is 0. The molecule has 16 heavy (non-hydrogen) atoms. The van der Waals surface area contributed by atoms with Crippen LogP contribution in [0.25, 0.3) is 0 Å². The summed E-state index contributed by atoms with van der Waals surface area (Å²) in [6.45, 7) is 14.6. The van der Waals surface area contributed by atoms with Crippen LogP contribution in [0.1, 0.15) is 54.4 Å². The van der Waals surface area contributed by atoms with Gasteiger partial charge in [-0.25, -0.2) is 0 Å². The van der Waals surface area contributed by atoms with Crippen molar-refractivity contribution in [1.29, 1.82) is 0 Å². The van der Waals surface area contributed by atoms with Crippen molar-refractivity contribution in [3.8, 4) is 0 Å². The van der Waals surface area contributed by atoms with Crippen LogP contribution in [0.2, 0.25) is 0 Å². The van der Waals surface area contributed by atoms with E-state index in [2.05, 4.69) is 56.6 Å². The van der Waals surface area contributed by atoms with Crippen molar-refractivity contribution in [2.45, 2.75) is 66.6 Å². The third-order valence-electron chi connectivity index (χ3n) is 2.87. The summed E-state index contributed by atoms with van der Waals surface area (Å²) in [4.78, 5) is 2.38. The van der Waals surface area contributed by atoms with Crippen molar-refractivity contribution in [3.05, 3.63) is 0 Å². The first-order valence-corrected chi connectivity index (χ1v) is 6.43. The molecule has 0 N–H and O–H groups in total. The lowest BCUT2D eigenvalue weighted by atomic mass is 9.90. The highest BCUT2D eigenvalue weighted by molar-refractivity contribution is 5.57. The van der Waals surface area contributed by atoms with Crippen LogP contribution in [0.3, 0.4) is 0 Å². The molecule has 94 valence electrons. The van der Waals surface area contributed by atoms with Crippen molar-refractivity contribution in [2.75, 3.05) is 6.54 Å². The van der Waals surface area contributed by atoms with E-state index in [0.29, 0.717) is 17.6 Å². The normalized spacial score (nSPS) is 21.3. The predicted molar refractivity (Wildman–Crippen MR) is 70.3 cm³/mol. The molecule has 3 heteroatoms. The highest BCUT2D eigenvalue weighted by atomic mass is 15.6. The van der Waals surface area contributed by atoms with Crippen molar-refractivity contribution >= 4 is 6.34 Å². The van der Waals surface area contributed by atoms with E-state index >= 15 is 0 Å². The fourth-order valence-corrected chi connectivity index (χ4v) is 2.11. The molecular formula is C13H27N3. The monoisotopic (exact) mass is 225 g/mol. The Morgan fingerprint density at radius 1 is 1.31 bits per heavy atom. The van der Waals surface area contributed by atoms with Crippen molar-refractivity contribution < 1.29 is 0 Å². The molecule has 0 saturated carbocycles. The maximum absolute atomic E-state index is 4.53. The van der Waals surface area contributed by atoms with Gasteiger partial charge in [0.1, 0.15) is 12.5 Å². The van der Waals surface area contributed by atoms with Crippen LogP contribution in [0.15, 0.2) is 5.10 Å². The van der Waals surface area contributed by atoms with Crippen LogP contribution in [0, 0.1) is 5.41 Å². The zero-order valence-electron chi connectivity index (χ0n) is 11.7. The maximum atomic E-state index is 4.53. The summed E-state index contributed by atoms with van der Waals surface area (Å²) in [6, 6.07) is 0.526. The van der Waals surface area contributed by atoms with E-state index in [1.165, 1.54) is 0 Å². The molecule has 0 saturated heterocycles. The Kier molecular flexibility index (Phi) is 4.22. The van der Waals surface area contributed by atoms with Gasteiger partial charge in [-0.2, -0.15) is 5.10 Å². The smallest absolute Gasteiger partial charge is 0.119 e. The van der Waals surface area contributed by atoms with Crippen molar-refractivity contribution in [2.24, 2.45) is 10.5 Å². The number of nitrogens with zero attached hydrogens (tertiary/aromatic N) is 3. The highest BCUT2D eigenvalue weighted by Gasteiger charge is 2.32. The topological polar surface area (TPSA) is 18.8 Å². The molecule has 1 aliphatic heterocycles. The fraction of sp³-hybridized carbons (Fsp3) is 0.923. The Hall–Kier alpha value is -0.730. The first-order valence-electron chi connectivity index (χ1n) is 6.43. The minimum Gasteiger partial charge on any atom is -0.337 e. The third kappa shape index (κ3) is 3.39. The van der Waals surface area contributed by atoms with Gasteiger partial charge in [-0.15, -0.1) is 0 Å². The highest BCUT2D eigenvalue weighted by Crippen LogP contribution is 2.28. The zero-order valence-corrected chi connectivity index (χ0v) is 11.7. The minimum atomic E-state index is 0.345. The van der Waals surface area contributed by atoms with Gasteiger partial charge in [0, 0.05) is 12.6 Å². The predicted octanol–water partition coefficient (Wildman–Crippen LogP) is 3.13. The number of hydrazone groups is 1. The van der Waals surface area contributed by atoms with E-state index in [0.717, 1.165) is 19.4 Å². The summed E-state index contributed by atoms with van der Waals surface area (Å²) in [5, 5.41) is 6.77. The van der Waals surface area contributed by atoms with E-state index < -0.39 is 0 Å². The Balaban J connectivity index is 2.71. The van der Waals surface area contributed by atoms with E-state index in [9.17, 15) is 0 Å². The van der Waals surface area contributed by atoms with Gasteiger partial charge in [-0.3, -0.25) is 5.01 Å². The number of hydrogen-bond acceptors (Lipinski definition) is 3. The van der Waals surface area contributed by atoms with Gasteiger partial charge in [0.15, 0.2) is 0 Å². The molecule has 1 aliphatic rings. The van der Waals surface area contributed by atoms with Crippen LogP contribution < -0.4 is 0 Å². The Morgan fingerprint density at radius 3 is 2.38 bits per heavy atom. The average molecular weight is 225 g/mol. The molecule has 0 radical (unpaired) electrons. The van der Waals surface area contributed by atoms with E-state index in [1.54, 1.807) is 0 Å². The maximum Gasteiger partial charge on any atom is 0.119 e. The minimum absolute atomic E-state index is 0.345. The Bertz CT molecular complexity index is 240. The van der Waals surface area contributed by atoms with Crippen molar-refractivity contribution in [3.63, 3.8) is 0 Å². The van der Waals surface area contributed by atoms with E-state index in [-0.39, 0.29) is 0 Å². The van der Waals surface area contributed by atoms with Crippen LogP contribution in [0.4, 0.5) is 0 Å². The number of rotatable bonds is 4. The van der Waals surface area contributed by atoms with Gasteiger partial charge in [0.25, 0.3) is 0 Å². The quantitative estimate of drug-likeness (QED) is 0.732. The molecule has 0 bridgehead atoms. The lowest BCUT2D eigenvalue weighted by Crippen LogP contribution is -2.45. The largest absolute Gasteiger partial charge is 0.337 e. The molecule has 0 fully saturated rings. The standard InChI is InChI=1S/C13H27N3/c1-7-8-16-12(9-13(4,5)6)15(10-14-16)11(2)3/h10-12H,7-9H2,1-6H3. The van der Waals surface area contributed by atoms with E-state index in [4.69, 9.17) is 0 Å². The molecule has 0 amide bonds. The molecule has 1 heterocycles. The first-order chi connectivity index (χ1) is 7.35. The number of hydrogen-bond donors (Lipinski definition) is 0. The summed E-state index contributed by atoms with van der Waals surface area (Å²) in [7, 11) is 0. The molecule has 1 unspecified atom stereocenters. The van der Waals surface area contributed by atoms with E-state index in [1.807, 2.05) is 6.34 Å². The summed E-state index contributed by atoms with van der Waals surface area (Å²) >= 11 is 0. The molecule has 3 nitrogen and oxygen atoms in total. The van der Waals surface area contributed by atoms with Gasteiger partial charge in [-0.05, 0) is 32.1 Å². The van der Waals surface area contributed by atoms with Crippen LogP contribution in [-0.4, -0.2) is 35.0 Å². The van der Waals surface area contributed by atoms with Gasteiger partial charge in [-0.1, -0.05) is 27.7 Å². The Labute approximate surface area is 100 Å².